The largest absolute Gasteiger partial charge is 0.394 e. The molecule has 0 amide bonds. The molecule has 2 saturated heterocycles. The zero-order chi connectivity index (χ0) is 25.9. The molecule has 1 N–H and O–H groups in total. The van der Waals surface area contributed by atoms with Gasteiger partial charge in [0, 0.05) is 55.5 Å². The Morgan fingerprint density at radius 1 is 1.14 bits per heavy atom. The van der Waals surface area contributed by atoms with Crippen LogP contribution in [0, 0.1) is 6.92 Å². The number of aliphatic imine (C=N–C) groups is 2. The third-order valence-corrected chi connectivity index (χ3v) is 8.40. The summed E-state index contributed by atoms with van der Waals surface area (Å²) in [6.45, 7) is 11.3. The van der Waals surface area contributed by atoms with E-state index in [0.717, 1.165) is 73.2 Å². The summed E-state index contributed by atoms with van der Waals surface area (Å²) in [6, 6.07) is 9.31. The van der Waals surface area contributed by atoms with E-state index in [2.05, 4.69) is 38.5 Å². The van der Waals surface area contributed by atoms with Gasteiger partial charge in [-0.2, -0.15) is 0 Å². The maximum Gasteiger partial charge on any atom is 0.175 e. The maximum atomic E-state index is 10.2. The van der Waals surface area contributed by atoms with Gasteiger partial charge in [-0.25, -0.2) is 15.0 Å². The number of amidine groups is 1. The molecule has 0 saturated carbocycles. The topological polar surface area (TPSA) is 80.5 Å². The first-order chi connectivity index (χ1) is 18.0. The Balaban J connectivity index is 1.24. The smallest absolute Gasteiger partial charge is 0.175 e. The van der Waals surface area contributed by atoms with Gasteiger partial charge in [0.15, 0.2) is 5.84 Å². The number of aliphatic hydroxyl groups is 1. The number of hydrogen-bond donors (Lipinski definition) is 1. The summed E-state index contributed by atoms with van der Waals surface area (Å²) in [7, 11) is 0. The molecule has 1 aromatic heterocycles. The number of piperazine rings is 1. The fraction of sp³-hybridized carbons (Fsp3) is 0.571. The van der Waals surface area contributed by atoms with Crippen LogP contribution in [-0.2, 0) is 0 Å². The summed E-state index contributed by atoms with van der Waals surface area (Å²) in [4.78, 5) is 25.9. The SMILES string of the molecule is CC[C@H]1CN(c2ncc(C3=NCC=N3)nc2C)[C@H](C)CN1C1CCN([C@@H](CO)c2ccc(Cl)cc2)CC1. The lowest BCUT2D eigenvalue weighted by atomic mass is 9.94. The van der Waals surface area contributed by atoms with Crippen molar-refractivity contribution in [3.8, 4) is 0 Å². The van der Waals surface area contributed by atoms with E-state index in [1.165, 1.54) is 0 Å². The number of benzene rings is 1. The molecule has 1 aromatic carbocycles. The molecule has 3 aliphatic rings. The Morgan fingerprint density at radius 3 is 2.51 bits per heavy atom. The monoisotopic (exact) mass is 523 g/mol. The molecule has 198 valence electrons. The van der Waals surface area contributed by atoms with Crippen molar-refractivity contribution in [2.24, 2.45) is 9.98 Å². The van der Waals surface area contributed by atoms with Crippen molar-refractivity contribution < 1.29 is 5.11 Å². The molecule has 2 aromatic rings. The standard InChI is InChI=1S/C28H38ClN7O/c1-4-23-17-35(28-20(3)33-25(15-32-28)27-30-11-12-31-27)19(2)16-36(23)24-9-13-34(14-10-24)26(18-37)21-5-7-22(29)8-6-21/h5-8,11,15,19,23-24,26,37H,4,9-10,12-14,16-18H2,1-3H3/t19-,23+,26+/m1/s1. The van der Waals surface area contributed by atoms with E-state index in [4.69, 9.17) is 21.6 Å². The van der Waals surface area contributed by atoms with Crippen LogP contribution < -0.4 is 4.90 Å². The van der Waals surface area contributed by atoms with E-state index in [1.54, 1.807) is 6.21 Å². The Hall–Kier alpha value is -2.39. The molecule has 0 aliphatic carbocycles. The van der Waals surface area contributed by atoms with Crippen LogP contribution in [0.2, 0.25) is 5.02 Å². The second-order valence-electron chi connectivity index (χ2n) is 10.4. The van der Waals surface area contributed by atoms with E-state index in [9.17, 15) is 5.11 Å². The zero-order valence-electron chi connectivity index (χ0n) is 22.1. The van der Waals surface area contributed by atoms with Crippen LogP contribution in [0.15, 0.2) is 40.4 Å². The predicted octanol–water partition coefficient (Wildman–Crippen LogP) is 3.76. The van der Waals surface area contributed by atoms with Gasteiger partial charge in [0.2, 0.25) is 0 Å². The second-order valence-corrected chi connectivity index (χ2v) is 10.9. The second kappa shape index (κ2) is 11.6. The van der Waals surface area contributed by atoms with Gasteiger partial charge in [0.05, 0.1) is 31.1 Å². The number of likely N-dealkylation sites (tertiary alicyclic amines) is 1. The summed E-state index contributed by atoms with van der Waals surface area (Å²) < 4.78 is 0. The predicted molar refractivity (Wildman–Crippen MR) is 150 cm³/mol. The minimum atomic E-state index is 0.0290. The molecule has 9 heteroatoms. The number of piperidine rings is 1. The van der Waals surface area contributed by atoms with E-state index in [0.29, 0.717) is 30.5 Å². The summed E-state index contributed by atoms with van der Waals surface area (Å²) >= 11 is 6.08. The lowest BCUT2D eigenvalue weighted by Gasteiger charge is -2.51. The highest BCUT2D eigenvalue weighted by molar-refractivity contribution is 6.30. The number of halogens is 1. The highest BCUT2D eigenvalue weighted by atomic mass is 35.5. The van der Waals surface area contributed by atoms with Gasteiger partial charge in [0.1, 0.15) is 11.5 Å². The fourth-order valence-corrected chi connectivity index (χ4v) is 6.25. The van der Waals surface area contributed by atoms with Crippen LogP contribution in [0.4, 0.5) is 5.82 Å². The fourth-order valence-electron chi connectivity index (χ4n) is 6.12. The van der Waals surface area contributed by atoms with Crippen molar-refractivity contribution in [3.05, 3.63) is 52.4 Å². The van der Waals surface area contributed by atoms with Crippen LogP contribution in [-0.4, -0.2) is 94.4 Å². The highest BCUT2D eigenvalue weighted by Gasteiger charge is 2.38. The first-order valence-corrected chi connectivity index (χ1v) is 13.9. The number of hydrogen-bond acceptors (Lipinski definition) is 8. The van der Waals surface area contributed by atoms with Crippen molar-refractivity contribution in [2.75, 3.05) is 44.2 Å². The molecule has 0 spiro atoms. The molecule has 4 heterocycles. The number of aliphatic hydroxyl groups excluding tert-OH is 1. The lowest BCUT2D eigenvalue weighted by Crippen LogP contribution is -2.62. The minimum Gasteiger partial charge on any atom is -0.394 e. The van der Waals surface area contributed by atoms with Crippen molar-refractivity contribution in [1.29, 1.82) is 0 Å². The number of nitrogens with zero attached hydrogens (tertiary/aromatic N) is 7. The molecular formula is C28H38ClN7O. The Bertz CT molecular complexity index is 1130. The molecule has 3 atom stereocenters. The molecule has 8 nitrogen and oxygen atoms in total. The Morgan fingerprint density at radius 2 is 1.89 bits per heavy atom. The number of rotatable bonds is 7. The van der Waals surface area contributed by atoms with Crippen molar-refractivity contribution in [3.63, 3.8) is 0 Å². The maximum absolute atomic E-state index is 10.2. The number of anilines is 1. The molecule has 3 aliphatic heterocycles. The summed E-state index contributed by atoms with van der Waals surface area (Å²) in [5.74, 6) is 1.65. The van der Waals surface area contributed by atoms with Crippen molar-refractivity contribution >= 4 is 29.5 Å². The van der Waals surface area contributed by atoms with Crippen molar-refractivity contribution in [2.45, 2.75) is 64.2 Å². The van der Waals surface area contributed by atoms with Crippen LogP contribution in [0.5, 0.6) is 0 Å². The van der Waals surface area contributed by atoms with Gasteiger partial charge in [-0.1, -0.05) is 30.7 Å². The molecule has 5 rings (SSSR count). The minimum absolute atomic E-state index is 0.0290. The van der Waals surface area contributed by atoms with Gasteiger partial charge in [-0.3, -0.25) is 14.8 Å². The molecular weight excluding hydrogens is 486 g/mol. The quantitative estimate of drug-likeness (QED) is 0.595. The molecule has 37 heavy (non-hydrogen) atoms. The molecule has 0 radical (unpaired) electrons. The Kier molecular flexibility index (Phi) is 8.19. The van der Waals surface area contributed by atoms with E-state index in [1.807, 2.05) is 37.4 Å². The van der Waals surface area contributed by atoms with Gasteiger partial charge in [-0.05, 0) is 50.8 Å². The average Bonchev–Trinajstić information content (AvgIpc) is 3.46. The summed E-state index contributed by atoms with van der Waals surface area (Å²) in [5.41, 5.74) is 2.82. The first kappa shape index (κ1) is 26.2. The van der Waals surface area contributed by atoms with Crippen LogP contribution in [0.3, 0.4) is 0 Å². The third kappa shape index (κ3) is 5.58. The summed E-state index contributed by atoms with van der Waals surface area (Å²) in [5, 5.41) is 10.9. The molecule has 0 bridgehead atoms. The Labute approximate surface area is 225 Å². The summed E-state index contributed by atoms with van der Waals surface area (Å²) in [6.07, 6.45) is 6.95. The normalized spacial score (nSPS) is 24.5. The van der Waals surface area contributed by atoms with Crippen LogP contribution in [0.25, 0.3) is 0 Å². The highest BCUT2D eigenvalue weighted by Crippen LogP contribution is 2.32. The number of aryl methyl sites for hydroxylation is 1. The lowest BCUT2D eigenvalue weighted by molar-refractivity contribution is 0.0289. The zero-order valence-corrected chi connectivity index (χ0v) is 22.8. The first-order valence-electron chi connectivity index (χ1n) is 13.5. The van der Waals surface area contributed by atoms with Gasteiger partial charge < -0.3 is 10.0 Å². The molecule has 0 unspecified atom stereocenters. The van der Waals surface area contributed by atoms with Crippen LogP contribution in [0.1, 0.15) is 56.1 Å². The van der Waals surface area contributed by atoms with Gasteiger partial charge in [-0.15, -0.1) is 0 Å². The van der Waals surface area contributed by atoms with Gasteiger partial charge in [0.25, 0.3) is 0 Å². The van der Waals surface area contributed by atoms with Gasteiger partial charge >= 0.3 is 0 Å². The van der Waals surface area contributed by atoms with E-state index in [-0.39, 0.29) is 12.6 Å². The van der Waals surface area contributed by atoms with Crippen molar-refractivity contribution in [1.82, 2.24) is 19.8 Å². The van der Waals surface area contributed by atoms with E-state index < -0.39 is 0 Å². The third-order valence-electron chi connectivity index (χ3n) is 8.15. The van der Waals surface area contributed by atoms with E-state index >= 15 is 0 Å². The van der Waals surface area contributed by atoms with Crippen LogP contribution >= 0.6 is 11.6 Å². The average molecular weight is 524 g/mol. The molecule has 2 fully saturated rings. The number of aromatic nitrogens is 2.